The number of nitrogens with two attached hydrogens (primary N) is 1. The minimum absolute atomic E-state index is 0. The van der Waals surface area contributed by atoms with Crippen LogP contribution in [0.5, 0.6) is 0 Å². The second-order valence-corrected chi connectivity index (χ2v) is 7.79. The highest BCUT2D eigenvalue weighted by Gasteiger charge is 2.22. The van der Waals surface area contributed by atoms with Crippen LogP contribution in [0, 0.1) is 12.8 Å². The maximum atomic E-state index is 12.7. The summed E-state index contributed by atoms with van der Waals surface area (Å²) < 4.78 is 0. The zero-order valence-electron chi connectivity index (χ0n) is 17.1. The lowest BCUT2D eigenvalue weighted by Gasteiger charge is -2.30. The van der Waals surface area contributed by atoms with Gasteiger partial charge in [-0.1, -0.05) is 37.3 Å². The van der Waals surface area contributed by atoms with E-state index in [1.54, 1.807) is 12.1 Å². The summed E-state index contributed by atoms with van der Waals surface area (Å²) in [7, 11) is 0. The van der Waals surface area contributed by atoms with Gasteiger partial charge < -0.3 is 16.0 Å². The van der Waals surface area contributed by atoms with Crippen molar-refractivity contribution in [2.45, 2.75) is 39.2 Å². The molecule has 0 radical (unpaired) electrons. The van der Waals surface area contributed by atoms with Crippen LogP contribution >= 0.6 is 12.4 Å². The third kappa shape index (κ3) is 6.05. The monoisotopic (exact) mass is 415 g/mol. The van der Waals surface area contributed by atoms with Gasteiger partial charge in [-0.15, -0.1) is 12.4 Å². The first kappa shape index (κ1) is 22.9. The van der Waals surface area contributed by atoms with Crippen molar-refractivity contribution in [3.05, 3.63) is 65.2 Å². The zero-order chi connectivity index (χ0) is 20.1. The average Bonchev–Trinajstić information content (AvgIpc) is 2.70. The Hall–Kier alpha value is -2.37. The fourth-order valence-corrected chi connectivity index (χ4v) is 3.52. The van der Waals surface area contributed by atoms with Gasteiger partial charge >= 0.3 is 0 Å². The number of benzene rings is 2. The highest BCUT2D eigenvalue weighted by molar-refractivity contribution is 5.98. The number of likely N-dealkylation sites (tertiary alicyclic amines) is 1. The van der Waals surface area contributed by atoms with E-state index >= 15 is 0 Å². The maximum Gasteiger partial charge on any atom is 0.253 e. The first-order chi connectivity index (χ1) is 13.4. The number of hydrogen-bond acceptors (Lipinski definition) is 3. The van der Waals surface area contributed by atoms with Gasteiger partial charge in [0.15, 0.2) is 0 Å². The van der Waals surface area contributed by atoms with Crippen molar-refractivity contribution in [2.75, 3.05) is 18.4 Å². The van der Waals surface area contributed by atoms with Gasteiger partial charge in [0.25, 0.3) is 5.91 Å². The molecule has 2 aromatic carbocycles. The summed E-state index contributed by atoms with van der Waals surface area (Å²) >= 11 is 0. The third-order valence-electron chi connectivity index (χ3n) is 5.44. The van der Waals surface area contributed by atoms with Gasteiger partial charge in [0.1, 0.15) is 0 Å². The molecule has 0 aromatic heterocycles. The standard InChI is InChI=1S/C23H29N3O2.ClH/c1-16-10-12-26(13-11-16)23(28)19-8-9-21(17(2)14-19)25-22(27)20(24)15-18-6-4-3-5-7-18;/h3-9,14,16,20H,10-13,15,24H2,1-2H3,(H,25,27);1H. The Labute approximate surface area is 179 Å². The van der Waals surface area contributed by atoms with Crippen LogP contribution in [0.25, 0.3) is 0 Å². The van der Waals surface area contributed by atoms with Crippen LogP contribution in [-0.4, -0.2) is 35.8 Å². The molecule has 5 nitrogen and oxygen atoms in total. The molecule has 1 aliphatic heterocycles. The number of piperidine rings is 1. The van der Waals surface area contributed by atoms with E-state index in [0.717, 1.165) is 37.1 Å². The van der Waals surface area contributed by atoms with E-state index in [1.807, 2.05) is 48.2 Å². The maximum absolute atomic E-state index is 12.7. The summed E-state index contributed by atoms with van der Waals surface area (Å²) in [6.07, 6.45) is 2.59. The molecule has 1 unspecified atom stereocenters. The quantitative estimate of drug-likeness (QED) is 0.779. The molecule has 1 heterocycles. The number of nitrogens with one attached hydrogen (secondary N) is 1. The van der Waals surface area contributed by atoms with E-state index in [1.165, 1.54) is 0 Å². The summed E-state index contributed by atoms with van der Waals surface area (Å²) in [4.78, 5) is 27.1. The van der Waals surface area contributed by atoms with Crippen molar-refractivity contribution >= 4 is 29.9 Å². The Morgan fingerprint density at radius 1 is 1.14 bits per heavy atom. The lowest BCUT2D eigenvalue weighted by Crippen LogP contribution is -2.38. The summed E-state index contributed by atoms with van der Waals surface area (Å²) in [5, 5.41) is 2.89. The van der Waals surface area contributed by atoms with E-state index in [4.69, 9.17) is 5.73 Å². The van der Waals surface area contributed by atoms with Gasteiger partial charge in [-0.05, 0) is 61.4 Å². The molecule has 0 aliphatic carbocycles. The van der Waals surface area contributed by atoms with Crippen LogP contribution in [-0.2, 0) is 11.2 Å². The van der Waals surface area contributed by atoms with Crippen LogP contribution in [0.15, 0.2) is 48.5 Å². The third-order valence-corrected chi connectivity index (χ3v) is 5.44. The van der Waals surface area contributed by atoms with Crippen LogP contribution < -0.4 is 11.1 Å². The number of rotatable bonds is 5. The molecule has 0 saturated carbocycles. The van der Waals surface area contributed by atoms with Crippen molar-refractivity contribution in [2.24, 2.45) is 11.7 Å². The molecule has 3 rings (SSSR count). The SMILES string of the molecule is Cc1cc(C(=O)N2CCC(C)CC2)ccc1NC(=O)C(N)Cc1ccccc1.Cl. The minimum atomic E-state index is -0.626. The van der Waals surface area contributed by atoms with Crippen LogP contribution in [0.2, 0.25) is 0 Å². The topological polar surface area (TPSA) is 75.4 Å². The van der Waals surface area contributed by atoms with E-state index in [9.17, 15) is 9.59 Å². The Morgan fingerprint density at radius 2 is 1.79 bits per heavy atom. The lowest BCUT2D eigenvalue weighted by molar-refractivity contribution is -0.117. The fraction of sp³-hybridized carbons (Fsp3) is 0.391. The smallest absolute Gasteiger partial charge is 0.253 e. The van der Waals surface area contributed by atoms with Crippen LogP contribution in [0.3, 0.4) is 0 Å². The number of halogens is 1. The van der Waals surface area contributed by atoms with Gasteiger partial charge in [-0.2, -0.15) is 0 Å². The molecule has 156 valence electrons. The van der Waals surface area contributed by atoms with Crippen molar-refractivity contribution in [3.8, 4) is 0 Å². The molecule has 0 bridgehead atoms. The lowest BCUT2D eigenvalue weighted by atomic mass is 9.98. The molecule has 6 heteroatoms. The van der Waals surface area contributed by atoms with Crippen LogP contribution in [0.1, 0.15) is 41.3 Å². The molecular weight excluding hydrogens is 386 g/mol. The van der Waals surface area contributed by atoms with Gasteiger partial charge in [-0.3, -0.25) is 9.59 Å². The Balaban J connectivity index is 0.00000300. The van der Waals surface area contributed by atoms with Crippen molar-refractivity contribution < 1.29 is 9.59 Å². The molecule has 2 amide bonds. The Kier molecular flexibility index (Phi) is 8.23. The molecule has 2 aromatic rings. The predicted molar refractivity (Wildman–Crippen MR) is 119 cm³/mol. The average molecular weight is 416 g/mol. The first-order valence-electron chi connectivity index (χ1n) is 9.94. The van der Waals surface area contributed by atoms with Crippen LogP contribution in [0.4, 0.5) is 5.69 Å². The Bertz CT molecular complexity index is 833. The minimum Gasteiger partial charge on any atom is -0.339 e. The molecular formula is C23H30ClN3O2. The number of amides is 2. The zero-order valence-corrected chi connectivity index (χ0v) is 17.9. The number of aryl methyl sites for hydroxylation is 1. The van der Waals surface area contributed by atoms with Gasteiger partial charge in [0.05, 0.1) is 6.04 Å². The normalized spacial score (nSPS) is 15.3. The highest BCUT2D eigenvalue weighted by atomic mass is 35.5. The second-order valence-electron chi connectivity index (χ2n) is 7.79. The predicted octanol–water partition coefficient (Wildman–Crippen LogP) is 3.80. The van der Waals surface area contributed by atoms with Gasteiger partial charge in [0, 0.05) is 24.3 Å². The van der Waals surface area contributed by atoms with Crippen molar-refractivity contribution in [1.29, 1.82) is 0 Å². The number of hydrogen-bond donors (Lipinski definition) is 2. The highest BCUT2D eigenvalue weighted by Crippen LogP contribution is 2.21. The molecule has 1 atom stereocenters. The number of anilines is 1. The number of carbonyl (C=O) groups excluding carboxylic acids is 2. The van der Waals surface area contributed by atoms with Crippen molar-refractivity contribution in [1.82, 2.24) is 4.90 Å². The fourth-order valence-electron chi connectivity index (χ4n) is 3.52. The van der Waals surface area contributed by atoms with E-state index in [2.05, 4.69) is 12.2 Å². The van der Waals surface area contributed by atoms with E-state index < -0.39 is 6.04 Å². The second kappa shape index (κ2) is 10.4. The van der Waals surface area contributed by atoms with E-state index in [-0.39, 0.29) is 24.2 Å². The summed E-state index contributed by atoms with van der Waals surface area (Å²) in [5.41, 5.74) is 9.30. The molecule has 1 saturated heterocycles. The van der Waals surface area contributed by atoms with Crippen molar-refractivity contribution in [3.63, 3.8) is 0 Å². The molecule has 0 spiro atoms. The molecule has 29 heavy (non-hydrogen) atoms. The number of nitrogens with zero attached hydrogens (tertiary/aromatic N) is 1. The summed E-state index contributed by atoms with van der Waals surface area (Å²) in [6, 6.07) is 14.5. The first-order valence-corrected chi connectivity index (χ1v) is 9.94. The van der Waals surface area contributed by atoms with Gasteiger partial charge in [-0.25, -0.2) is 0 Å². The Morgan fingerprint density at radius 3 is 2.41 bits per heavy atom. The largest absolute Gasteiger partial charge is 0.339 e. The summed E-state index contributed by atoms with van der Waals surface area (Å²) in [6.45, 7) is 5.75. The van der Waals surface area contributed by atoms with Gasteiger partial charge in [0.2, 0.25) is 5.91 Å². The molecule has 1 fully saturated rings. The number of carbonyl (C=O) groups is 2. The van der Waals surface area contributed by atoms with E-state index in [0.29, 0.717) is 23.6 Å². The molecule has 1 aliphatic rings. The molecule has 3 N–H and O–H groups in total. The summed E-state index contributed by atoms with van der Waals surface area (Å²) in [5.74, 6) is 0.521.